The van der Waals surface area contributed by atoms with Crippen LogP contribution in [0.5, 0.6) is 0 Å². The van der Waals surface area contributed by atoms with Crippen molar-refractivity contribution in [3.8, 4) is 33.4 Å². The third-order valence-corrected chi connectivity index (χ3v) is 6.65. The SMILES string of the molecule is [2H]c1c([2H])c([2H])c2c([2H])c(-c3c4c([2H])c([2H])c([2H])c([2H])c4c(-c4ccc(-c5c([2H])c([2H])c([2H])c6c([2H])c([2H])c([2H])c([2H])c56)cc4)c4c([2H])c([2H])c([2H])c([2H])c34)c([2H])c([2H])c2c1[2H]. The van der Waals surface area contributed by atoms with Crippen molar-refractivity contribution in [3.05, 3.63) is 157 Å². The summed E-state index contributed by atoms with van der Waals surface area (Å²) in [7, 11) is 0. The maximum absolute atomic E-state index is 9.37. The van der Waals surface area contributed by atoms with Crippen LogP contribution in [0.15, 0.2) is 157 Å². The average molecular weight is 529 g/mol. The lowest BCUT2D eigenvalue weighted by Crippen LogP contribution is -1.91. The molecule has 0 N–H and O–H groups in total. The van der Waals surface area contributed by atoms with Crippen LogP contribution in [0.3, 0.4) is 0 Å². The number of fused-ring (bicyclic) bond motifs is 4. The Morgan fingerprint density at radius 2 is 0.800 bits per heavy atom. The van der Waals surface area contributed by atoms with Crippen LogP contribution in [0.4, 0.5) is 0 Å². The lowest BCUT2D eigenvalue weighted by atomic mass is 9.85. The maximum atomic E-state index is 9.37. The van der Waals surface area contributed by atoms with Crippen molar-refractivity contribution in [2.24, 2.45) is 0 Å². The molecule has 8 aromatic carbocycles. The van der Waals surface area contributed by atoms with Gasteiger partial charge in [-0.05, 0) is 82.5 Å². The highest BCUT2D eigenvalue weighted by Gasteiger charge is 2.17. The van der Waals surface area contributed by atoms with Gasteiger partial charge in [-0.15, -0.1) is 0 Å². The highest BCUT2D eigenvalue weighted by Crippen LogP contribution is 2.44. The molecule has 0 radical (unpaired) electrons. The van der Waals surface area contributed by atoms with Gasteiger partial charge >= 0.3 is 0 Å². The van der Waals surface area contributed by atoms with E-state index in [-0.39, 0.29) is 43.8 Å². The van der Waals surface area contributed by atoms with Crippen molar-refractivity contribution >= 4 is 43.1 Å². The Bertz CT molecular complexity index is 3320. The van der Waals surface area contributed by atoms with Gasteiger partial charge in [-0.3, -0.25) is 0 Å². The van der Waals surface area contributed by atoms with Gasteiger partial charge in [0.1, 0.15) is 0 Å². The van der Waals surface area contributed by atoms with Crippen molar-refractivity contribution in [2.45, 2.75) is 0 Å². The van der Waals surface area contributed by atoms with Gasteiger partial charge in [0.05, 0.1) is 30.2 Å². The van der Waals surface area contributed by atoms with Crippen molar-refractivity contribution in [1.29, 1.82) is 0 Å². The predicted octanol–water partition coefficient (Wildman–Crippen LogP) is 11.3. The van der Waals surface area contributed by atoms with Crippen LogP contribution in [0.1, 0.15) is 30.2 Å². The molecule has 0 atom stereocenters. The molecule has 0 aliphatic rings. The van der Waals surface area contributed by atoms with Crippen LogP contribution in [0.2, 0.25) is 0 Å². The first-order valence-corrected chi connectivity index (χ1v) is 12.1. The summed E-state index contributed by atoms with van der Waals surface area (Å²) in [5, 5.41) is -3.03. The van der Waals surface area contributed by atoms with Gasteiger partial charge in [-0.2, -0.15) is 0 Å². The molecule has 0 unspecified atom stereocenters. The van der Waals surface area contributed by atoms with E-state index < -0.39 is 166 Å². The topological polar surface area (TPSA) is 0 Å². The van der Waals surface area contributed by atoms with E-state index in [2.05, 4.69) is 0 Å². The largest absolute Gasteiger partial charge is 0.0636 e. The molecule has 0 nitrogen and oxygen atoms in total. The number of hydrogen-bond acceptors (Lipinski definition) is 0. The van der Waals surface area contributed by atoms with Gasteiger partial charge in [-0.25, -0.2) is 0 Å². The van der Waals surface area contributed by atoms with Crippen molar-refractivity contribution in [2.75, 3.05) is 0 Å². The number of rotatable bonds is 3. The summed E-state index contributed by atoms with van der Waals surface area (Å²) in [6, 6.07) is -10.1. The van der Waals surface area contributed by atoms with Crippen LogP contribution in [-0.2, 0) is 0 Å². The Balaban J connectivity index is 1.59. The molecule has 0 heterocycles. The van der Waals surface area contributed by atoms with Gasteiger partial charge in [0, 0.05) is 0 Å². The first-order chi connectivity index (χ1) is 29.0. The molecule has 0 fully saturated rings. The second-order valence-electron chi connectivity index (χ2n) is 8.83. The fourth-order valence-electron chi connectivity index (χ4n) is 4.90. The average Bonchev–Trinajstić information content (AvgIpc) is 3.25. The molecule has 40 heavy (non-hydrogen) atoms. The van der Waals surface area contributed by atoms with Gasteiger partial charge in [0.2, 0.25) is 0 Å². The van der Waals surface area contributed by atoms with Gasteiger partial charge in [0.15, 0.2) is 0 Å². The Morgan fingerprint density at radius 3 is 1.45 bits per heavy atom. The number of hydrogen-bond donors (Lipinski definition) is 0. The Kier molecular flexibility index (Phi) is 2.25. The van der Waals surface area contributed by atoms with Gasteiger partial charge in [0.25, 0.3) is 0 Å². The summed E-state index contributed by atoms with van der Waals surface area (Å²) in [6.45, 7) is 0. The van der Waals surface area contributed by atoms with E-state index >= 15 is 0 Å². The van der Waals surface area contributed by atoms with E-state index in [1.165, 1.54) is 24.3 Å². The minimum absolute atomic E-state index is 0.0670. The molecule has 0 bridgehead atoms. The monoisotopic (exact) mass is 528 g/mol. The Labute approximate surface area is 264 Å². The first-order valence-electron chi connectivity index (χ1n) is 23.1. The molecular weight excluding hydrogens is 480 g/mol. The second-order valence-corrected chi connectivity index (χ2v) is 8.83. The first kappa shape index (κ1) is 9.77. The molecule has 0 amide bonds. The van der Waals surface area contributed by atoms with Crippen molar-refractivity contribution in [1.82, 2.24) is 0 Å². The van der Waals surface area contributed by atoms with E-state index in [1.54, 1.807) is 0 Å². The summed E-state index contributed by atoms with van der Waals surface area (Å²) < 4.78 is 192. The molecule has 0 saturated carbocycles. The fraction of sp³-hybridized carbons (Fsp3) is 0. The lowest BCUT2D eigenvalue weighted by Gasteiger charge is -2.18. The lowest BCUT2D eigenvalue weighted by molar-refractivity contribution is 1.63. The van der Waals surface area contributed by atoms with Crippen molar-refractivity contribution < 1.29 is 30.2 Å². The molecule has 0 aliphatic carbocycles. The van der Waals surface area contributed by atoms with Crippen LogP contribution >= 0.6 is 0 Å². The molecule has 0 heteroatoms. The fourth-order valence-corrected chi connectivity index (χ4v) is 4.90. The normalized spacial score (nSPS) is 19.2. The third kappa shape index (κ3) is 3.61. The molecular formula is C40H26. The summed E-state index contributed by atoms with van der Waals surface area (Å²) in [6.07, 6.45) is 0. The quantitative estimate of drug-likeness (QED) is 0.200. The predicted molar refractivity (Wildman–Crippen MR) is 173 cm³/mol. The van der Waals surface area contributed by atoms with Crippen LogP contribution < -0.4 is 0 Å². The smallest absolute Gasteiger partial charge is 0.0616 e. The molecule has 8 aromatic rings. The van der Waals surface area contributed by atoms with E-state index in [9.17, 15) is 8.22 Å². The maximum Gasteiger partial charge on any atom is 0.0636 e. The van der Waals surface area contributed by atoms with Crippen LogP contribution in [-0.4, -0.2) is 0 Å². The van der Waals surface area contributed by atoms with E-state index in [0.29, 0.717) is 0 Å². The zero-order chi connectivity index (χ0) is 45.6. The second kappa shape index (κ2) is 9.22. The standard InChI is InChI=1S/C40H26/c1-2-12-31-26-32(25-20-27(31)10-1)40-37-17-7-5-15-35(37)39(36-16-6-8-18-38(36)40)30-23-21-29(22-24-30)34-19-9-13-28-11-3-4-14-33(28)34/h1-26H/i1D,2D,3D,4D,5D,6D,7D,8D,9D,10D,11D,12D,13D,14D,15D,16D,17D,18D,19D,20D,25D,26D. The highest BCUT2D eigenvalue weighted by molar-refractivity contribution is 6.21. The zero-order valence-electron chi connectivity index (χ0n) is 42.3. The van der Waals surface area contributed by atoms with E-state index in [0.717, 1.165) is 0 Å². The molecule has 8 rings (SSSR count). The minimum atomic E-state index is -0.823. The molecule has 0 aliphatic heterocycles. The minimum Gasteiger partial charge on any atom is -0.0616 e. The summed E-state index contributed by atoms with van der Waals surface area (Å²) in [4.78, 5) is 0. The van der Waals surface area contributed by atoms with E-state index in [1.807, 2.05) is 0 Å². The highest BCUT2D eigenvalue weighted by atomic mass is 14.2. The number of benzene rings is 8. The Morgan fingerprint density at radius 1 is 0.325 bits per heavy atom. The summed E-state index contributed by atoms with van der Waals surface area (Å²) >= 11 is 0. The van der Waals surface area contributed by atoms with Gasteiger partial charge < -0.3 is 0 Å². The molecule has 0 spiro atoms. The molecule has 0 aromatic heterocycles. The van der Waals surface area contributed by atoms with Gasteiger partial charge in [-0.1, -0.05) is 151 Å². The summed E-state index contributed by atoms with van der Waals surface area (Å²) in [5.41, 5.74) is -1.18. The van der Waals surface area contributed by atoms with Crippen LogP contribution in [0, 0.1) is 0 Å². The van der Waals surface area contributed by atoms with E-state index in [4.69, 9.17) is 21.9 Å². The third-order valence-electron chi connectivity index (χ3n) is 6.65. The zero-order valence-corrected chi connectivity index (χ0v) is 20.3. The van der Waals surface area contributed by atoms with Crippen molar-refractivity contribution in [3.63, 3.8) is 0 Å². The Hall–Kier alpha value is -5.20. The molecule has 0 saturated heterocycles. The summed E-state index contributed by atoms with van der Waals surface area (Å²) in [5.74, 6) is 0. The van der Waals surface area contributed by atoms with Crippen LogP contribution in [0.25, 0.3) is 76.5 Å². The molecule has 186 valence electrons.